The van der Waals surface area contributed by atoms with Gasteiger partial charge in [0.05, 0.1) is 11.0 Å². The number of aromatic nitrogens is 1. The Morgan fingerprint density at radius 3 is 1.43 bits per heavy atom. The van der Waals surface area contributed by atoms with E-state index in [2.05, 4.69) is 228 Å². The first kappa shape index (κ1) is 31.6. The third-order valence-corrected chi connectivity index (χ3v) is 10.5. The van der Waals surface area contributed by atoms with Gasteiger partial charge in [-0.25, -0.2) is 0 Å². The maximum atomic E-state index is 2.40. The van der Waals surface area contributed by atoms with Crippen molar-refractivity contribution in [2.75, 3.05) is 4.90 Å². The summed E-state index contributed by atoms with van der Waals surface area (Å²) in [4.78, 5) is 2.37. The molecular formula is C52H36N2. The van der Waals surface area contributed by atoms with Gasteiger partial charge in [0.2, 0.25) is 0 Å². The first-order valence-electron chi connectivity index (χ1n) is 18.5. The summed E-state index contributed by atoms with van der Waals surface area (Å²) in [5.74, 6) is 0. The van der Waals surface area contributed by atoms with Crippen LogP contribution in [0, 0.1) is 0 Å². The molecule has 54 heavy (non-hydrogen) atoms. The molecule has 0 fully saturated rings. The van der Waals surface area contributed by atoms with Gasteiger partial charge < -0.3 is 9.47 Å². The molecule has 2 heteroatoms. The van der Waals surface area contributed by atoms with Crippen LogP contribution in [0.2, 0.25) is 0 Å². The van der Waals surface area contributed by atoms with E-state index in [1.54, 1.807) is 0 Å². The number of hydrogen-bond donors (Lipinski definition) is 0. The van der Waals surface area contributed by atoms with Crippen LogP contribution in [-0.2, 0) is 0 Å². The third-order valence-electron chi connectivity index (χ3n) is 10.5. The highest BCUT2D eigenvalue weighted by Crippen LogP contribution is 2.43. The molecule has 0 N–H and O–H groups in total. The van der Waals surface area contributed by atoms with Crippen LogP contribution in [0.4, 0.5) is 17.1 Å². The number of benzene rings is 9. The normalized spacial score (nSPS) is 11.3. The molecule has 0 amide bonds. The van der Waals surface area contributed by atoms with E-state index >= 15 is 0 Å². The van der Waals surface area contributed by atoms with E-state index in [1.807, 2.05) is 0 Å². The first-order valence-corrected chi connectivity index (χ1v) is 18.5. The van der Waals surface area contributed by atoms with Crippen molar-refractivity contribution in [1.82, 2.24) is 4.57 Å². The summed E-state index contributed by atoms with van der Waals surface area (Å²) in [5, 5.41) is 4.96. The number of anilines is 3. The first-order chi connectivity index (χ1) is 26.8. The Kier molecular flexibility index (Phi) is 7.85. The molecule has 0 radical (unpaired) electrons. The smallest absolute Gasteiger partial charge is 0.0547 e. The van der Waals surface area contributed by atoms with E-state index in [0.29, 0.717) is 0 Å². The minimum atomic E-state index is 1.10. The van der Waals surface area contributed by atoms with E-state index in [-0.39, 0.29) is 0 Å². The molecular weight excluding hydrogens is 653 g/mol. The van der Waals surface area contributed by atoms with Crippen molar-refractivity contribution in [3.63, 3.8) is 0 Å². The summed E-state index contributed by atoms with van der Waals surface area (Å²) in [7, 11) is 0. The monoisotopic (exact) mass is 688 g/mol. The molecule has 0 atom stereocenters. The molecule has 10 aromatic rings. The van der Waals surface area contributed by atoms with Crippen molar-refractivity contribution in [2.45, 2.75) is 0 Å². The summed E-state index contributed by atoms with van der Waals surface area (Å²) in [6.45, 7) is 0. The lowest BCUT2D eigenvalue weighted by molar-refractivity contribution is 1.18. The summed E-state index contributed by atoms with van der Waals surface area (Å²) in [6, 6.07) is 78.9. The largest absolute Gasteiger partial charge is 0.310 e. The zero-order valence-corrected chi connectivity index (χ0v) is 29.7. The van der Waals surface area contributed by atoms with Crippen LogP contribution in [0.25, 0.3) is 71.6 Å². The Morgan fingerprint density at radius 1 is 0.278 bits per heavy atom. The zero-order chi connectivity index (χ0) is 35.8. The topological polar surface area (TPSA) is 8.17 Å². The van der Waals surface area contributed by atoms with Crippen molar-refractivity contribution >= 4 is 49.6 Å². The maximum Gasteiger partial charge on any atom is 0.0547 e. The molecule has 0 bridgehead atoms. The average molecular weight is 689 g/mol. The van der Waals surface area contributed by atoms with Gasteiger partial charge in [-0.15, -0.1) is 0 Å². The van der Waals surface area contributed by atoms with Gasteiger partial charge in [0.25, 0.3) is 0 Å². The Balaban J connectivity index is 1.24. The summed E-state index contributed by atoms with van der Waals surface area (Å²) >= 11 is 0. The number of para-hydroxylation sites is 4. The van der Waals surface area contributed by atoms with Crippen LogP contribution >= 0.6 is 0 Å². The average Bonchev–Trinajstić information content (AvgIpc) is 3.58. The van der Waals surface area contributed by atoms with E-state index in [1.165, 1.54) is 54.8 Å². The van der Waals surface area contributed by atoms with Crippen molar-refractivity contribution in [2.24, 2.45) is 0 Å². The molecule has 1 heterocycles. The molecule has 0 aliphatic carbocycles. The molecule has 1 aromatic heterocycles. The molecule has 254 valence electrons. The van der Waals surface area contributed by atoms with Crippen LogP contribution in [0.5, 0.6) is 0 Å². The van der Waals surface area contributed by atoms with E-state index in [4.69, 9.17) is 0 Å². The predicted octanol–water partition coefficient (Wildman–Crippen LogP) is 14.4. The van der Waals surface area contributed by atoms with E-state index < -0.39 is 0 Å². The molecule has 0 saturated heterocycles. The lowest BCUT2D eigenvalue weighted by Gasteiger charge is -2.27. The predicted molar refractivity (Wildman–Crippen MR) is 229 cm³/mol. The van der Waals surface area contributed by atoms with Crippen LogP contribution in [0.1, 0.15) is 0 Å². The van der Waals surface area contributed by atoms with Gasteiger partial charge >= 0.3 is 0 Å². The molecule has 0 unspecified atom stereocenters. The van der Waals surface area contributed by atoms with Crippen molar-refractivity contribution in [1.29, 1.82) is 0 Å². The van der Waals surface area contributed by atoms with E-state index in [0.717, 1.165) is 33.9 Å². The summed E-state index contributed by atoms with van der Waals surface area (Å²) in [6.07, 6.45) is 0. The van der Waals surface area contributed by atoms with Gasteiger partial charge in [0.1, 0.15) is 0 Å². The molecule has 0 aliphatic rings. The lowest BCUT2D eigenvalue weighted by atomic mass is 9.90. The number of rotatable bonds is 7. The quantitative estimate of drug-likeness (QED) is 0.162. The second-order valence-corrected chi connectivity index (χ2v) is 13.8. The highest BCUT2D eigenvalue weighted by Gasteiger charge is 2.19. The summed E-state index contributed by atoms with van der Waals surface area (Å²) in [5.41, 5.74) is 14.0. The SMILES string of the molecule is c1ccc(-c2ccc(-c3cc(-c4ccc5c6ccccc6n(-c6ccccc6)c5c4)cc(N(c4ccccc4)c4ccccc4)c3)c3ccccc23)cc1. The lowest BCUT2D eigenvalue weighted by Crippen LogP contribution is -2.10. The zero-order valence-electron chi connectivity index (χ0n) is 29.7. The van der Waals surface area contributed by atoms with Crippen LogP contribution < -0.4 is 4.90 Å². The van der Waals surface area contributed by atoms with Crippen molar-refractivity contribution < 1.29 is 0 Å². The maximum absolute atomic E-state index is 2.40. The fourth-order valence-corrected chi connectivity index (χ4v) is 8.09. The van der Waals surface area contributed by atoms with Gasteiger partial charge in [0, 0.05) is 33.5 Å². The van der Waals surface area contributed by atoms with Crippen molar-refractivity contribution in [3.05, 3.63) is 218 Å². The van der Waals surface area contributed by atoms with E-state index in [9.17, 15) is 0 Å². The molecule has 9 aromatic carbocycles. The Labute approximate surface area is 315 Å². The summed E-state index contributed by atoms with van der Waals surface area (Å²) < 4.78 is 2.40. The number of fused-ring (bicyclic) bond motifs is 4. The third kappa shape index (κ3) is 5.53. The minimum Gasteiger partial charge on any atom is -0.310 e. The molecule has 0 saturated carbocycles. The van der Waals surface area contributed by atoms with Crippen LogP contribution in [-0.4, -0.2) is 4.57 Å². The Hall–Kier alpha value is -7.16. The second-order valence-electron chi connectivity index (χ2n) is 13.8. The Morgan fingerprint density at radius 2 is 0.778 bits per heavy atom. The highest BCUT2D eigenvalue weighted by atomic mass is 15.1. The fraction of sp³-hybridized carbons (Fsp3) is 0. The number of nitrogens with zero attached hydrogens (tertiary/aromatic N) is 2. The Bertz CT molecular complexity index is 2870. The molecule has 0 aliphatic heterocycles. The minimum absolute atomic E-state index is 1.10. The van der Waals surface area contributed by atoms with Crippen LogP contribution in [0.15, 0.2) is 218 Å². The van der Waals surface area contributed by atoms with Gasteiger partial charge in [-0.3, -0.25) is 0 Å². The molecule has 2 nitrogen and oxygen atoms in total. The highest BCUT2D eigenvalue weighted by molar-refractivity contribution is 6.11. The fourth-order valence-electron chi connectivity index (χ4n) is 8.09. The second kappa shape index (κ2) is 13.4. The van der Waals surface area contributed by atoms with Gasteiger partial charge in [-0.1, -0.05) is 152 Å². The van der Waals surface area contributed by atoms with Gasteiger partial charge in [-0.05, 0) is 111 Å². The van der Waals surface area contributed by atoms with Crippen LogP contribution in [0.3, 0.4) is 0 Å². The molecule has 0 spiro atoms. The van der Waals surface area contributed by atoms with Gasteiger partial charge in [0.15, 0.2) is 0 Å². The number of hydrogen-bond acceptors (Lipinski definition) is 1. The van der Waals surface area contributed by atoms with Gasteiger partial charge in [-0.2, -0.15) is 0 Å². The van der Waals surface area contributed by atoms with Crippen molar-refractivity contribution in [3.8, 4) is 39.1 Å². The standard InChI is InChI=1S/C52H36N2/c1-5-17-37(18-6-1)45-31-32-46(48-26-14-13-25-47(45)48)40-33-39(34-44(35-40)53(41-19-7-2-8-20-41)42-21-9-3-10-22-42)38-29-30-50-49-27-15-16-28-51(49)54(52(50)36-38)43-23-11-4-12-24-43/h1-36H. The molecule has 10 rings (SSSR count).